The minimum absolute atomic E-state index is 0.199. The Morgan fingerprint density at radius 2 is 1.56 bits per heavy atom. The average Bonchev–Trinajstić information content (AvgIpc) is 2.25. The Morgan fingerprint density at radius 1 is 1.06 bits per heavy atom. The van der Waals surface area contributed by atoms with Crippen molar-refractivity contribution in [2.24, 2.45) is 0 Å². The van der Waals surface area contributed by atoms with E-state index in [4.69, 9.17) is 14.2 Å². The lowest BCUT2D eigenvalue weighted by atomic mass is 10.1. The van der Waals surface area contributed by atoms with E-state index in [0.717, 1.165) is 5.56 Å². The number of rotatable bonds is 4. The molecule has 0 radical (unpaired) electrons. The summed E-state index contributed by atoms with van der Waals surface area (Å²) in [6.07, 6.45) is 0.199. The topological polar surface area (TPSA) is 44.8 Å². The van der Waals surface area contributed by atoms with Crippen LogP contribution >= 0.6 is 0 Å². The smallest absolute Gasteiger partial charge is 0.310 e. The van der Waals surface area contributed by atoms with Gasteiger partial charge in [-0.25, -0.2) is 0 Å². The second-order valence-electron chi connectivity index (χ2n) is 4.98. The molecule has 0 saturated heterocycles. The van der Waals surface area contributed by atoms with Gasteiger partial charge in [0.2, 0.25) is 0 Å². The number of carbonyl (C=O) groups is 1. The van der Waals surface area contributed by atoms with E-state index >= 15 is 0 Å². The molecule has 0 spiro atoms. The fraction of sp³-hybridized carbons (Fsp3) is 0.500. The van der Waals surface area contributed by atoms with Gasteiger partial charge in [0.15, 0.2) is 0 Å². The Bertz CT molecular complexity index is 396. The maximum atomic E-state index is 11.7. The van der Waals surface area contributed by atoms with Crippen LogP contribution in [0.2, 0.25) is 0 Å². The molecule has 0 saturated carbocycles. The van der Waals surface area contributed by atoms with Gasteiger partial charge in [-0.1, -0.05) is 0 Å². The van der Waals surface area contributed by atoms with E-state index in [1.807, 2.05) is 20.8 Å². The molecule has 0 bridgehead atoms. The highest BCUT2D eigenvalue weighted by atomic mass is 16.6. The standard InChI is InChI=1S/C14H20O4/c1-14(2,3)18-13(15)8-10-6-11(16-4)9-12(7-10)17-5/h6-7,9H,8H2,1-5H3. The second kappa shape index (κ2) is 5.76. The predicted molar refractivity (Wildman–Crippen MR) is 69.1 cm³/mol. The Hall–Kier alpha value is -1.71. The first kappa shape index (κ1) is 14.4. The number of hydrogen-bond donors (Lipinski definition) is 0. The molecule has 0 aliphatic rings. The predicted octanol–water partition coefficient (Wildman–Crippen LogP) is 2.59. The van der Waals surface area contributed by atoms with Gasteiger partial charge in [-0.05, 0) is 38.5 Å². The van der Waals surface area contributed by atoms with Gasteiger partial charge in [-0.2, -0.15) is 0 Å². The molecule has 0 heterocycles. The van der Waals surface area contributed by atoms with Crippen molar-refractivity contribution in [2.75, 3.05) is 14.2 Å². The number of carbonyl (C=O) groups excluding carboxylic acids is 1. The molecule has 4 nitrogen and oxygen atoms in total. The van der Waals surface area contributed by atoms with Gasteiger partial charge in [0.1, 0.15) is 17.1 Å². The van der Waals surface area contributed by atoms with E-state index in [2.05, 4.69) is 0 Å². The van der Waals surface area contributed by atoms with Crippen LogP contribution < -0.4 is 9.47 Å². The molecule has 0 unspecified atom stereocenters. The summed E-state index contributed by atoms with van der Waals surface area (Å²) in [4.78, 5) is 11.7. The number of benzene rings is 1. The van der Waals surface area contributed by atoms with Crippen LogP contribution in [0.5, 0.6) is 11.5 Å². The lowest BCUT2D eigenvalue weighted by Crippen LogP contribution is -2.24. The number of ether oxygens (including phenoxy) is 3. The summed E-state index contributed by atoms with van der Waals surface area (Å²) in [5.41, 5.74) is 0.334. The third-order valence-corrected chi connectivity index (χ3v) is 2.18. The van der Waals surface area contributed by atoms with E-state index < -0.39 is 5.60 Å². The first-order valence-corrected chi connectivity index (χ1v) is 5.78. The molecule has 0 amide bonds. The van der Waals surface area contributed by atoms with Gasteiger partial charge < -0.3 is 14.2 Å². The van der Waals surface area contributed by atoms with Crippen LogP contribution in [-0.2, 0) is 16.0 Å². The molecule has 1 aromatic carbocycles. The van der Waals surface area contributed by atoms with Gasteiger partial charge in [0, 0.05) is 6.07 Å². The van der Waals surface area contributed by atoms with E-state index in [9.17, 15) is 4.79 Å². The summed E-state index contributed by atoms with van der Waals surface area (Å²) in [6.45, 7) is 5.53. The summed E-state index contributed by atoms with van der Waals surface area (Å²) < 4.78 is 15.6. The number of hydrogen-bond acceptors (Lipinski definition) is 4. The lowest BCUT2D eigenvalue weighted by molar-refractivity contribution is -0.153. The van der Waals surface area contributed by atoms with Crippen LogP contribution in [0.1, 0.15) is 26.3 Å². The summed E-state index contributed by atoms with van der Waals surface area (Å²) >= 11 is 0. The van der Waals surface area contributed by atoms with Crippen molar-refractivity contribution in [3.63, 3.8) is 0 Å². The molecule has 0 aliphatic heterocycles. The summed E-state index contributed by atoms with van der Waals surface area (Å²) in [6, 6.07) is 5.36. The monoisotopic (exact) mass is 252 g/mol. The maximum absolute atomic E-state index is 11.7. The molecule has 0 fully saturated rings. The maximum Gasteiger partial charge on any atom is 0.310 e. The zero-order valence-corrected chi connectivity index (χ0v) is 11.6. The molecule has 0 atom stereocenters. The largest absolute Gasteiger partial charge is 0.497 e. The Kier molecular flexibility index (Phi) is 4.59. The zero-order chi connectivity index (χ0) is 13.8. The van der Waals surface area contributed by atoms with Crippen LogP contribution in [0.15, 0.2) is 18.2 Å². The van der Waals surface area contributed by atoms with Gasteiger partial charge in [0.25, 0.3) is 0 Å². The highest BCUT2D eigenvalue weighted by molar-refractivity contribution is 5.73. The van der Waals surface area contributed by atoms with E-state index in [0.29, 0.717) is 11.5 Å². The van der Waals surface area contributed by atoms with Crippen LogP contribution in [0.25, 0.3) is 0 Å². The van der Waals surface area contributed by atoms with Gasteiger partial charge in [-0.15, -0.1) is 0 Å². The van der Waals surface area contributed by atoms with Crippen molar-refractivity contribution in [1.82, 2.24) is 0 Å². The normalized spacial score (nSPS) is 10.9. The Morgan fingerprint density at radius 3 is 1.94 bits per heavy atom. The quantitative estimate of drug-likeness (QED) is 0.773. The van der Waals surface area contributed by atoms with Crippen molar-refractivity contribution in [3.05, 3.63) is 23.8 Å². The lowest BCUT2D eigenvalue weighted by Gasteiger charge is -2.19. The third kappa shape index (κ3) is 4.65. The molecule has 0 aliphatic carbocycles. The van der Waals surface area contributed by atoms with E-state index in [-0.39, 0.29) is 12.4 Å². The molecule has 4 heteroatoms. The van der Waals surface area contributed by atoms with Crippen LogP contribution in [0.3, 0.4) is 0 Å². The van der Waals surface area contributed by atoms with Gasteiger partial charge in [-0.3, -0.25) is 4.79 Å². The highest BCUT2D eigenvalue weighted by Gasteiger charge is 2.17. The molecule has 100 valence electrons. The van der Waals surface area contributed by atoms with Crippen molar-refractivity contribution < 1.29 is 19.0 Å². The minimum atomic E-state index is -0.472. The third-order valence-electron chi connectivity index (χ3n) is 2.18. The molecule has 18 heavy (non-hydrogen) atoms. The van der Waals surface area contributed by atoms with Crippen LogP contribution in [0, 0.1) is 0 Å². The first-order chi connectivity index (χ1) is 8.34. The van der Waals surface area contributed by atoms with Crippen LogP contribution in [-0.4, -0.2) is 25.8 Å². The Labute approximate surface area is 108 Å². The van der Waals surface area contributed by atoms with E-state index in [1.165, 1.54) is 0 Å². The molecule has 0 N–H and O–H groups in total. The summed E-state index contributed by atoms with van der Waals surface area (Å²) in [5.74, 6) is 1.05. The molecular weight excluding hydrogens is 232 g/mol. The van der Waals surface area contributed by atoms with Crippen molar-refractivity contribution in [1.29, 1.82) is 0 Å². The molecule has 1 aromatic rings. The molecular formula is C14H20O4. The van der Waals surface area contributed by atoms with E-state index in [1.54, 1.807) is 32.4 Å². The number of esters is 1. The second-order valence-corrected chi connectivity index (χ2v) is 4.98. The first-order valence-electron chi connectivity index (χ1n) is 5.78. The van der Waals surface area contributed by atoms with Gasteiger partial charge >= 0.3 is 5.97 Å². The van der Waals surface area contributed by atoms with Crippen molar-refractivity contribution in [3.8, 4) is 11.5 Å². The fourth-order valence-corrected chi connectivity index (χ4v) is 1.51. The summed E-state index contributed by atoms with van der Waals surface area (Å²) in [5, 5.41) is 0. The average molecular weight is 252 g/mol. The highest BCUT2D eigenvalue weighted by Crippen LogP contribution is 2.23. The Balaban J connectivity index is 2.80. The van der Waals surface area contributed by atoms with Crippen LogP contribution in [0.4, 0.5) is 0 Å². The molecule has 0 aromatic heterocycles. The zero-order valence-electron chi connectivity index (χ0n) is 11.6. The fourth-order valence-electron chi connectivity index (χ4n) is 1.51. The number of methoxy groups -OCH3 is 2. The van der Waals surface area contributed by atoms with Gasteiger partial charge in [0.05, 0.1) is 20.6 Å². The SMILES string of the molecule is COc1cc(CC(=O)OC(C)(C)C)cc(OC)c1. The summed E-state index contributed by atoms with van der Waals surface area (Å²) in [7, 11) is 3.15. The van der Waals surface area contributed by atoms with Crippen molar-refractivity contribution >= 4 is 5.97 Å². The molecule has 1 rings (SSSR count). The minimum Gasteiger partial charge on any atom is -0.497 e. The van der Waals surface area contributed by atoms with Crippen molar-refractivity contribution in [2.45, 2.75) is 32.8 Å².